The first-order valence-electron chi connectivity index (χ1n) is 24.9. The number of benzene rings is 10. The molecule has 0 saturated carbocycles. The van der Waals surface area contributed by atoms with Gasteiger partial charge in [-0.1, -0.05) is 255 Å². The molecule has 0 radical (unpaired) electrons. The third kappa shape index (κ3) is 6.64. The molecule has 3 aliphatic rings. The molecule has 0 spiro atoms. The molecule has 330 valence electrons. The Hall–Kier alpha value is -7.80. The maximum absolute atomic E-state index is 2.50. The van der Waals surface area contributed by atoms with Gasteiger partial charge in [0.25, 0.3) is 0 Å². The van der Waals surface area contributed by atoms with E-state index >= 15 is 0 Å². The Kier molecular flexibility index (Phi) is 10.1. The van der Waals surface area contributed by atoms with E-state index in [4.69, 9.17) is 0 Å². The average molecular weight is 883 g/mol. The summed E-state index contributed by atoms with van der Waals surface area (Å²) in [6, 6.07) is 97.2. The summed E-state index contributed by atoms with van der Waals surface area (Å²) in [4.78, 5) is 0. The Bertz CT molecular complexity index is 2940. The second-order valence-corrected chi connectivity index (χ2v) is 20.1. The van der Waals surface area contributed by atoms with Crippen LogP contribution >= 0.6 is 0 Å². The first-order valence-corrected chi connectivity index (χ1v) is 24.9. The van der Waals surface area contributed by atoms with E-state index in [2.05, 4.69) is 255 Å². The Balaban J connectivity index is 1.26. The van der Waals surface area contributed by atoms with Gasteiger partial charge in [-0.3, -0.25) is 0 Å². The van der Waals surface area contributed by atoms with Crippen molar-refractivity contribution >= 4 is 0 Å². The molecule has 0 N–H and O–H groups in total. The lowest BCUT2D eigenvalue weighted by Crippen LogP contribution is -2.36. The van der Waals surface area contributed by atoms with E-state index in [1.807, 2.05) is 0 Å². The summed E-state index contributed by atoms with van der Waals surface area (Å²) in [6.07, 6.45) is 5.26. The summed E-state index contributed by atoms with van der Waals surface area (Å²) in [5.74, 6) is 0. The highest BCUT2D eigenvalue weighted by molar-refractivity contribution is 6.05. The minimum Gasteiger partial charge on any atom is -0.0622 e. The first kappa shape index (κ1) is 41.4. The first-order chi connectivity index (χ1) is 34.2. The number of hydrogen-bond donors (Lipinski definition) is 0. The van der Waals surface area contributed by atoms with E-state index in [1.165, 1.54) is 100 Å². The van der Waals surface area contributed by atoms with Crippen molar-refractivity contribution in [1.82, 2.24) is 0 Å². The van der Waals surface area contributed by atoms with Crippen molar-refractivity contribution in [2.45, 2.75) is 54.8 Å². The lowest BCUT2D eigenvalue weighted by molar-refractivity contribution is 0.502. The largest absolute Gasteiger partial charge is 0.0622 e. The highest BCUT2D eigenvalue weighted by Crippen LogP contribution is 2.70. The fourth-order valence-corrected chi connectivity index (χ4v) is 13.7. The van der Waals surface area contributed by atoms with Crippen LogP contribution < -0.4 is 0 Å². The molecule has 10 aromatic rings. The van der Waals surface area contributed by atoms with Crippen LogP contribution in [0.2, 0.25) is 0 Å². The summed E-state index contributed by atoms with van der Waals surface area (Å²) < 4.78 is 0. The van der Waals surface area contributed by atoms with Gasteiger partial charge in [-0.05, 0) is 139 Å². The quantitative estimate of drug-likeness (QED) is 0.115. The molecular formula is C69H54. The summed E-state index contributed by atoms with van der Waals surface area (Å²) in [6.45, 7) is 0. The van der Waals surface area contributed by atoms with Crippen molar-refractivity contribution < 1.29 is 0 Å². The molecule has 10 aromatic carbocycles. The summed E-state index contributed by atoms with van der Waals surface area (Å²) >= 11 is 0. The van der Waals surface area contributed by atoms with Gasteiger partial charge in [-0.25, -0.2) is 0 Å². The van der Waals surface area contributed by atoms with Crippen LogP contribution in [0, 0.1) is 0 Å². The molecular weight excluding hydrogens is 829 g/mol. The molecule has 0 unspecified atom stereocenters. The molecule has 0 saturated heterocycles. The zero-order valence-electron chi connectivity index (χ0n) is 39.0. The van der Waals surface area contributed by atoms with Crippen molar-refractivity contribution in [3.8, 4) is 33.4 Å². The molecule has 13 rings (SSSR count). The van der Waals surface area contributed by atoms with Gasteiger partial charge in [0.05, 0.1) is 0 Å². The highest BCUT2D eigenvalue weighted by Gasteiger charge is 2.58. The number of rotatable bonds is 12. The fourth-order valence-electron chi connectivity index (χ4n) is 13.7. The standard InChI is InChI=1S/C69H54/c1-7-25-49(26-8-1)43-67(44-50-27-9-2-10-28-50)58-40-22-19-37-55(58)61-64(67)62-56-38-20-23-41-59(56)68(45-51-29-11-3-12-30-51,46-52-31-13-4-14-32-52)66(62)63-57-39-21-24-42-60(57)69(65(61)63,47-53-33-15-5-16-34-53)48-54-35-17-6-18-36-54/h1-42H,43-48H2. The molecule has 0 fully saturated rings. The molecule has 0 heterocycles. The Morgan fingerprint density at radius 2 is 0.362 bits per heavy atom. The molecule has 0 bridgehead atoms. The van der Waals surface area contributed by atoms with Crippen LogP contribution in [0.1, 0.15) is 66.8 Å². The highest BCUT2D eigenvalue weighted by atomic mass is 14.6. The van der Waals surface area contributed by atoms with Gasteiger partial charge in [-0.2, -0.15) is 0 Å². The van der Waals surface area contributed by atoms with Gasteiger partial charge in [0.15, 0.2) is 0 Å². The van der Waals surface area contributed by atoms with Gasteiger partial charge in [0.2, 0.25) is 0 Å². The van der Waals surface area contributed by atoms with E-state index in [9.17, 15) is 0 Å². The van der Waals surface area contributed by atoms with E-state index < -0.39 is 16.2 Å². The van der Waals surface area contributed by atoms with Crippen LogP contribution in [-0.2, 0) is 54.8 Å². The van der Waals surface area contributed by atoms with Crippen molar-refractivity contribution in [3.05, 3.63) is 322 Å². The van der Waals surface area contributed by atoms with Crippen LogP contribution in [0.4, 0.5) is 0 Å². The Morgan fingerprint density at radius 3 is 0.565 bits per heavy atom. The maximum Gasteiger partial charge on any atom is 0.0302 e. The SMILES string of the molecule is c1ccc(CC2(Cc3ccccc3)c3ccccc3-c3c2c2c(c4c3C(Cc3ccccc3)(Cc3ccccc3)c3ccccc3-4)C(Cc3ccccc3)(Cc3ccccc3)c3ccccc3-2)cc1. The maximum atomic E-state index is 2.50. The second kappa shape index (κ2) is 16.8. The summed E-state index contributed by atoms with van der Waals surface area (Å²) in [5.41, 5.74) is 24.3. The molecule has 0 nitrogen and oxygen atoms in total. The predicted octanol–water partition coefficient (Wildman–Crippen LogP) is 15.9. The lowest BCUT2D eigenvalue weighted by atomic mass is 9.62. The Labute approximate surface area is 407 Å². The topological polar surface area (TPSA) is 0 Å². The summed E-state index contributed by atoms with van der Waals surface area (Å²) in [7, 11) is 0. The molecule has 0 aliphatic heterocycles. The van der Waals surface area contributed by atoms with Crippen LogP contribution in [-0.4, -0.2) is 0 Å². The van der Waals surface area contributed by atoms with Gasteiger partial charge >= 0.3 is 0 Å². The number of fused-ring (bicyclic) bond motifs is 12. The van der Waals surface area contributed by atoms with Crippen molar-refractivity contribution in [1.29, 1.82) is 0 Å². The van der Waals surface area contributed by atoms with Crippen molar-refractivity contribution in [3.63, 3.8) is 0 Å². The molecule has 0 amide bonds. The van der Waals surface area contributed by atoms with Crippen molar-refractivity contribution in [2.75, 3.05) is 0 Å². The van der Waals surface area contributed by atoms with E-state index in [-0.39, 0.29) is 0 Å². The summed E-state index contributed by atoms with van der Waals surface area (Å²) in [5, 5.41) is 0. The Morgan fingerprint density at radius 1 is 0.188 bits per heavy atom. The van der Waals surface area contributed by atoms with Crippen LogP contribution in [0.5, 0.6) is 0 Å². The third-order valence-electron chi connectivity index (χ3n) is 16.2. The van der Waals surface area contributed by atoms with Crippen LogP contribution in [0.25, 0.3) is 33.4 Å². The molecule has 3 aliphatic carbocycles. The molecule has 0 atom stereocenters. The van der Waals surface area contributed by atoms with Crippen molar-refractivity contribution in [2.24, 2.45) is 0 Å². The van der Waals surface area contributed by atoms with Gasteiger partial charge < -0.3 is 0 Å². The van der Waals surface area contributed by atoms with E-state index in [0.29, 0.717) is 0 Å². The third-order valence-corrected chi connectivity index (χ3v) is 16.2. The van der Waals surface area contributed by atoms with Gasteiger partial charge in [0.1, 0.15) is 0 Å². The van der Waals surface area contributed by atoms with E-state index in [0.717, 1.165) is 38.5 Å². The molecule has 69 heavy (non-hydrogen) atoms. The van der Waals surface area contributed by atoms with Gasteiger partial charge in [0, 0.05) is 16.2 Å². The number of hydrogen-bond acceptors (Lipinski definition) is 0. The predicted molar refractivity (Wildman–Crippen MR) is 286 cm³/mol. The normalized spacial score (nSPS) is 14.8. The van der Waals surface area contributed by atoms with Gasteiger partial charge in [-0.15, -0.1) is 0 Å². The van der Waals surface area contributed by atoms with Crippen LogP contribution in [0.3, 0.4) is 0 Å². The van der Waals surface area contributed by atoms with E-state index in [1.54, 1.807) is 0 Å². The lowest BCUT2D eigenvalue weighted by Gasteiger charge is -2.39. The minimum atomic E-state index is -0.406. The monoisotopic (exact) mass is 882 g/mol. The smallest absolute Gasteiger partial charge is 0.0302 e. The molecule has 0 aromatic heterocycles. The van der Waals surface area contributed by atoms with Crippen LogP contribution in [0.15, 0.2) is 255 Å². The minimum absolute atomic E-state index is 0.406. The zero-order valence-corrected chi connectivity index (χ0v) is 39.0. The molecule has 0 heteroatoms. The average Bonchev–Trinajstić information content (AvgIpc) is 3.95. The zero-order chi connectivity index (χ0) is 45.8. The second-order valence-electron chi connectivity index (χ2n) is 20.1. The fraction of sp³-hybridized carbons (Fsp3) is 0.130.